The lowest BCUT2D eigenvalue weighted by Gasteiger charge is -2.35. The van der Waals surface area contributed by atoms with E-state index in [1.807, 2.05) is 6.92 Å². The number of alkyl halides is 3. The molecule has 29 heavy (non-hydrogen) atoms. The van der Waals surface area contributed by atoms with Gasteiger partial charge in [0.2, 0.25) is 5.95 Å². The first-order valence-electron chi connectivity index (χ1n) is 9.48. The molecule has 0 spiro atoms. The van der Waals surface area contributed by atoms with Gasteiger partial charge in [-0.1, -0.05) is 0 Å². The van der Waals surface area contributed by atoms with Gasteiger partial charge < -0.3 is 15.4 Å². The summed E-state index contributed by atoms with van der Waals surface area (Å²) in [4.78, 5) is 20.1. The maximum absolute atomic E-state index is 13.1. The number of azo groups is 1. The lowest BCUT2D eigenvalue weighted by Crippen LogP contribution is -2.47. The number of hydrogen-bond acceptors (Lipinski definition) is 8. The van der Waals surface area contributed by atoms with Crippen LogP contribution in [0.25, 0.3) is 0 Å². The number of carbonyl (C=O) groups is 1. The first-order chi connectivity index (χ1) is 13.7. The van der Waals surface area contributed by atoms with Gasteiger partial charge in [0.25, 0.3) is 0 Å². The number of rotatable bonds is 6. The second-order valence-electron chi connectivity index (χ2n) is 7.66. The highest BCUT2D eigenvalue weighted by atomic mass is 19.4. The molecule has 8 nitrogen and oxygen atoms in total. The molecular weight excluding hydrogens is 389 g/mol. The lowest BCUT2D eigenvalue weighted by atomic mass is 9.67. The molecule has 2 fully saturated rings. The predicted octanol–water partition coefficient (Wildman–Crippen LogP) is 3.75. The van der Waals surface area contributed by atoms with Crippen LogP contribution in [-0.2, 0) is 15.7 Å². The fourth-order valence-electron chi connectivity index (χ4n) is 3.95. The highest BCUT2D eigenvalue weighted by Gasteiger charge is 2.64. The van der Waals surface area contributed by atoms with E-state index < -0.39 is 22.7 Å². The van der Waals surface area contributed by atoms with Gasteiger partial charge in [0.1, 0.15) is 16.9 Å². The van der Waals surface area contributed by atoms with E-state index in [9.17, 15) is 18.0 Å². The fourth-order valence-corrected chi connectivity index (χ4v) is 3.95. The Kier molecular flexibility index (Phi) is 4.50. The molecule has 0 bridgehead atoms. The molecule has 1 unspecified atom stereocenters. The van der Waals surface area contributed by atoms with Crippen molar-refractivity contribution in [3.05, 3.63) is 23.7 Å². The van der Waals surface area contributed by atoms with Crippen molar-refractivity contribution in [2.45, 2.75) is 44.8 Å². The van der Waals surface area contributed by atoms with Gasteiger partial charge in [0, 0.05) is 19.2 Å². The molecule has 1 saturated carbocycles. The third-order valence-electron chi connectivity index (χ3n) is 5.73. The van der Waals surface area contributed by atoms with Crippen LogP contribution in [-0.4, -0.2) is 34.6 Å². The zero-order chi connectivity index (χ0) is 20.9. The molecule has 4 rings (SSSR count). The maximum atomic E-state index is 13.1. The number of nitrogens with zero attached hydrogens (tertiary/aromatic N) is 4. The summed E-state index contributed by atoms with van der Waals surface area (Å²) in [5.41, 5.74) is -2.59. The number of anilines is 2. The summed E-state index contributed by atoms with van der Waals surface area (Å²) >= 11 is 0. The molecule has 1 aromatic rings. The minimum absolute atomic E-state index is 0.0371. The van der Waals surface area contributed by atoms with Gasteiger partial charge in [-0.15, -0.1) is 5.11 Å². The van der Waals surface area contributed by atoms with Gasteiger partial charge in [0.15, 0.2) is 5.82 Å². The Bertz CT molecular complexity index is 898. The van der Waals surface area contributed by atoms with E-state index in [2.05, 4.69) is 30.8 Å². The van der Waals surface area contributed by atoms with E-state index >= 15 is 0 Å². The van der Waals surface area contributed by atoms with Crippen LogP contribution in [0.15, 0.2) is 28.3 Å². The van der Waals surface area contributed by atoms with Crippen molar-refractivity contribution in [1.82, 2.24) is 9.97 Å². The highest BCUT2D eigenvalue weighted by molar-refractivity contribution is 5.81. The summed E-state index contributed by atoms with van der Waals surface area (Å²) in [7, 11) is 0. The first kappa shape index (κ1) is 19.6. The second kappa shape index (κ2) is 6.67. The van der Waals surface area contributed by atoms with Crippen LogP contribution in [0.5, 0.6) is 0 Å². The average Bonchev–Trinajstić information content (AvgIpc) is 3.33. The number of carbonyl (C=O) groups excluding carboxylic acids is 1. The number of halogens is 3. The van der Waals surface area contributed by atoms with E-state index in [1.54, 1.807) is 13.0 Å². The summed E-state index contributed by atoms with van der Waals surface area (Å²) in [6, 6.07) is 0. The SMILES string of the molecule is CCNc1nc(NC2=CC(C3CC3)([C@@]3(C)CCOC3=O)N=N2)ncc1C(F)(F)F. The number of esters is 1. The first-order valence-corrected chi connectivity index (χ1v) is 9.48. The lowest BCUT2D eigenvalue weighted by molar-refractivity contribution is -0.148. The molecule has 156 valence electrons. The average molecular weight is 410 g/mol. The molecule has 1 saturated heterocycles. The monoisotopic (exact) mass is 410 g/mol. The summed E-state index contributed by atoms with van der Waals surface area (Å²) < 4.78 is 44.6. The Balaban J connectivity index is 1.63. The van der Waals surface area contributed by atoms with Crippen LogP contribution >= 0.6 is 0 Å². The molecule has 3 heterocycles. The molecule has 3 aliphatic rings. The van der Waals surface area contributed by atoms with Crippen LogP contribution < -0.4 is 10.6 Å². The predicted molar refractivity (Wildman–Crippen MR) is 96.9 cm³/mol. The molecule has 0 radical (unpaired) electrons. The van der Waals surface area contributed by atoms with Crippen LogP contribution in [0.3, 0.4) is 0 Å². The zero-order valence-electron chi connectivity index (χ0n) is 16.0. The summed E-state index contributed by atoms with van der Waals surface area (Å²) in [5, 5.41) is 14.0. The number of cyclic esters (lactones) is 1. The molecule has 2 N–H and O–H groups in total. The standard InChI is InChI=1S/C18H21F3N6O2/c1-3-22-13-11(18(19,20)21)9-23-15(25-13)24-12-8-17(27-26-12,10-4-5-10)16(2)6-7-29-14(16)28/h8-10H,3-7H2,1-2H3,(H2,22,23,24,25)/t16-,17?/m0/s1. The van der Waals surface area contributed by atoms with Gasteiger partial charge in [-0.05, 0) is 38.7 Å². The molecule has 0 aromatic carbocycles. The van der Waals surface area contributed by atoms with Gasteiger partial charge >= 0.3 is 12.1 Å². The molecule has 0 amide bonds. The van der Waals surface area contributed by atoms with Crippen LogP contribution in [0.1, 0.15) is 38.7 Å². The van der Waals surface area contributed by atoms with Crippen molar-refractivity contribution in [3.63, 3.8) is 0 Å². The molecule has 1 aliphatic carbocycles. The molecule has 1 aromatic heterocycles. The van der Waals surface area contributed by atoms with Crippen molar-refractivity contribution in [1.29, 1.82) is 0 Å². The summed E-state index contributed by atoms with van der Waals surface area (Å²) in [6.45, 7) is 4.11. The van der Waals surface area contributed by atoms with Gasteiger partial charge in [-0.25, -0.2) is 4.98 Å². The van der Waals surface area contributed by atoms with E-state index in [4.69, 9.17) is 4.74 Å². The van der Waals surface area contributed by atoms with Crippen molar-refractivity contribution < 1.29 is 22.7 Å². The fraction of sp³-hybridized carbons (Fsp3) is 0.611. The summed E-state index contributed by atoms with van der Waals surface area (Å²) in [6.07, 6.45) is 0.308. The van der Waals surface area contributed by atoms with Gasteiger partial charge in [-0.2, -0.15) is 23.3 Å². The quantitative estimate of drug-likeness (QED) is 0.693. The van der Waals surface area contributed by atoms with E-state index in [0.29, 0.717) is 18.8 Å². The Labute approximate surface area is 165 Å². The number of ether oxygens (including phenoxy) is 1. The number of hydrogen-bond donors (Lipinski definition) is 2. The topological polar surface area (TPSA) is 101 Å². The second-order valence-corrected chi connectivity index (χ2v) is 7.66. The Hall–Kier alpha value is -2.72. The molecular formula is C18H21F3N6O2. The highest BCUT2D eigenvalue weighted by Crippen LogP contribution is 2.57. The third kappa shape index (κ3) is 3.22. The van der Waals surface area contributed by atoms with Crippen molar-refractivity contribution in [3.8, 4) is 0 Å². The summed E-state index contributed by atoms with van der Waals surface area (Å²) in [5.74, 6) is -0.175. The van der Waals surface area contributed by atoms with E-state index in [-0.39, 0.29) is 30.2 Å². The molecule has 2 aliphatic heterocycles. The van der Waals surface area contributed by atoms with Crippen molar-refractivity contribution in [2.24, 2.45) is 21.6 Å². The molecule has 2 atom stereocenters. The van der Waals surface area contributed by atoms with Crippen molar-refractivity contribution in [2.75, 3.05) is 23.8 Å². The van der Waals surface area contributed by atoms with E-state index in [1.165, 1.54) is 0 Å². The smallest absolute Gasteiger partial charge is 0.421 e. The van der Waals surface area contributed by atoms with Crippen LogP contribution in [0.2, 0.25) is 0 Å². The van der Waals surface area contributed by atoms with Crippen molar-refractivity contribution >= 4 is 17.7 Å². The largest absolute Gasteiger partial charge is 0.465 e. The van der Waals surface area contributed by atoms with Crippen LogP contribution in [0.4, 0.5) is 24.9 Å². The number of nitrogens with one attached hydrogen (secondary N) is 2. The maximum Gasteiger partial charge on any atom is 0.421 e. The number of aromatic nitrogens is 2. The minimum Gasteiger partial charge on any atom is -0.465 e. The van der Waals surface area contributed by atoms with Crippen LogP contribution in [0, 0.1) is 11.3 Å². The normalized spacial score (nSPS) is 29.0. The third-order valence-corrected chi connectivity index (χ3v) is 5.73. The van der Waals surface area contributed by atoms with E-state index in [0.717, 1.165) is 19.0 Å². The minimum atomic E-state index is -4.57. The zero-order valence-corrected chi connectivity index (χ0v) is 16.0. The van der Waals surface area contributed by atoms with Gasteiger partial charge in [-0.3, -0.25) is 4.79 Å². The Morgan fingerprint density at radius 2 is 2.10 bits per heavy atom. The van der Waals surface area contributed by atoms with Gasteiger partial charge in [0.05, 0.1) is 12.0 Å². The Morgan fingerprint density at radius 1 is 1.34 bits per heavy atom. The Morgan fingerprint density at radius 3 is 2.69 bits per heavy atom. The molecule has 11 heteroatoms.